The van der Waals surface area contributed by atoms with Crippen molar-refractivity contribution in [1.82, 2.24) is 0 Å². The molecule has 1 fully saturated rings. The molecule has 1 aromatic carbocycles. The zero-order chi connectivity index (χ0) is 11.5. The molecule has 1 atom stereocenters. The minimum atomic E-state index is 0.288. The average Bonchev–Trinajstić information content (AvgIpc) is 2.29. The van der Waals surface area contributed by atoms with E-state index >= 15 is 0 Å². The molecule has 1 aliphatic heterocycles. The monoisotopic (exact) mass is 303 g/mol. The Morgan fingerprint density at radius 1 is 1.56 bits per heavy atom. The Morgan fingerprint density at radius 3 is 3.06 bits per heavy atom. The number of benzene rings is 1. The topological polar surface area (TPSA) is 12.5 Å². The van der Waals surface area contributed by atoms with Gasteiger partial charge in [0.2, 0.25) is 0 Å². The Hall–Kier alpha value is -0.250. The second-order valence-electron chi connectivity index (χ2n) is 4.03. The van der Waals surface area contributed by atoms with E-state index in [4.69, 9.17) is 16.3 Å². The quantitative estimate of drug-likeness (QED) is 0.776. The number of hydrogen-bond acceptors (Lipinski definition) is 2. The number of morpholine rings is 1. The highest BCUT2D eigenvalue weighted by Gasteiger charge is 2.19. The maximum Gasteiger partial charge on any atom is 0.0722 e. The first kappa shape index (κ1) is 12.2. The van der Waals surface area contributed by atoms with Gasteiger partial charge >= 0.3 is 0 Å². The Kier molecular flexibility index (Phi) is 4.11. The summed E-state index contributed by atoms with van der Waals surface area (Å²) in [5.74, 6) is 0.550. The Labute approximate surface area is 110 Å². The third-order valence-corrected chi connectivity index (χ3v) is 3.55. The summed E-state index contributed by atoms with van der Waals surface area (Å²) >= 11 is 9.47. The third kappa shape index (κ3) is 2.70. The van der Waals surface area contributed by atoms with E-state index in [1.807, 2.05) is 6.07 Å². The van der Waals surface area contributed by atoms with E-state index in [1.54, 1.807) is 0 Å². The molecule has 1 unspecified atom stereocenters. The summed E-state index contributed by atoms with van der Waals surface area (Å²) in [4.78, 5) is 2.34. The van der Waals surface area contributed by atoms with E-state index in [0.29, 0.717) is 5.88 Å². The van der Waals surface area contributed by atoms with Crippen LogP contribution in [0, 0.1) is 0 Å². The maximum atomic E-state index is 5.97. The summed E-state index contributed by atoms with van der Waals surface area (Å²) in [6, 6.07) is 6.24. The second kappa shape index (κ2) is 5.39. The summed E-state index contributed by atoms with van der Waals surface area (Å²) in [6.45, 7) is 4.75. The predicted molar refractivity (Wildman–Crippen MR) is 71.3 cm³/mol. The van der Waals surface area contributed by atoms with Gasteiger partial charge in [0.05, 0.1) is 12.7 Å². The number of rotatable bonds is 2. The summed E-state index contributed by atoms with van der Waals surface area (Å²) < 4.78 is 6.64. The standard InChI is InChI=1S/C12H15BrClNO/c1-9-8-15(4-5-16-9)12-6-11(13)3-2-10(12)7-14/h2-3,6,9H,4-5,7-8H2,1H3. The number of nitrogens with zero attached hydrogens (tertiary/aromatic N) is 1. The van der Waals surface area contributed by atoms with Crippen LogP contribution in [0.25, 0.3) is 0 Å². The Balaban J connectivity index is 2.26. The summed E-state index contributed by atoms with van der Waals surface area (Å²) in [6.07, 6.45) is 0.288. The van der Waals surface area contributed by atoms with Gasteiger partial charge in [-0.3, -0.25) is 0 Å². The molecule has 1 aliphatic rings. The van der Waals surface area contributed by atoms with E-state index in [-0.39, 0.29) is 6.10 Å². The molecule has 2 rings (SSSR count). The van der Waals surface area contributed by atoms with Crippen molar-refractivity contribution in [2.24, 2.45) is 0 Å². The van der Waals surface area contributed by atoms with E-state index in [0.717, 1.165) is 24.2 Å². The molecular formula is C12H15BrClNO. The number of ether oxygens (including phenoxy) is 1. The highest BCUT2D eigenvalue weighted by molar-refractivity contribution is 9.10. The first-order valence-corrected chi connectivity index (χ1v) is 6.74. The lowest BCUT2D eigenvalue weighted by Crippen LogP contribution is -2.41. The van der Waals surface area contributed by atoms with Crippen LogP contribution in [0.15, 0.2) is 22.7 Å². The highest BCUT2D eigenvalue weighted by Crippen LogP contribution is 2.27. The molecule has 0 aromatic heterocycles. The molecule has 0 spiro atoms. The SMILES string of the molecule is CC1CN(c2cc(Br)ccc2CCl)CCO1. The van der Waals surface area contributed by atoms with Crippen LogP contribution in [0.1, 0.15) is 12.5 Å². The van der Waals surface area contributed by atoms with Crippen LogP contribution in [0.5, 0.6) is 0 Å². The van der Waals surface area contributed by atoms with Gasteiger partial charge in [-0.2, -0.15) is 0 Å². The van der Waals surface area contributed by atoms with Crippen LogP contribution in [-0.4, -0.2) is 25.8 Å². The summed E-state index contributed by atoms with van der Waals surface area (Å²) in [5, 5.41) is 0. The van der Waals surface area contributed by atoms with Crippen molar-refractivity contribution in [2.75, 3.05) is 24.6 Å². The van der Waals surface area contributed by atoms with Gasteiger partial charge in [-0.15, -0.1) is 11.6 Å². The van der Waals surface area contributed by atoms with Gasteiger partial charge in [0, 0.05) is 29.1 Å². The van der Waals surface area contributed by atoms with Crippen molar-refractivity contribution in [1.29, 1.82) is 0 Å². The zero-order valence-corrected chi connectivity index (χ0v) is 11.6. The number of halogens is 2. The Bertz CT molecular complexity index is 372. The number of anilines is 1. The van der Waals surface area contributed by atoms with E-state index < -0.39 is 0 Å². The van der Waals surface area contributed by atoms with Gasteiger partial charge in [-0.1, -0.05) is 22.0 Å². The molecule has 0 bridgehead atoms. The van der Waals surface area contributed by atoms with Crippen molar-refractivity contribution < 1.29 is 4.74 Å². The van der Waals surface area contributed by atoms with Crippen LogP contribution in [0.2, 0.25) is 0 Å². The smallest absolute Gasteiger partial charge is 0.0722 e. The molecule has 16 heavy (non-hydrogen) atoms. The molecule has 0 amide bonds. The maximum absolute atomic E-state index is 5.97. The lowest BCUT2D eigenvalue weighted by Gasteiger charge is -2.34. The molecule has 0 aliphatic carbocycles. The van der Waals surface area contributed by atoms with Crippen LogP contribution in [0.4, 0.5) is 5.69 Å². The van der Waals surface area contributed by atoms with Gasteiger partial charge in [0.1, 0.15) is 0 Å². The summed E-state index contributed by atoms with van der Waals surface area (Å²) in [5.41, 5.74) is 2.40. The minimum absolute atomic E-state index is 0.288. The zero-order valence-electron chi connectivity index (χ0n) is 9.25. The van der Waals surface area contributed by atoms with Gasteiger partial charge in [0.15, 0.2) is 0 Å². The van der Waals surface area contributed by atoms with E-state index in [9.17, 15) is 0 Å². The van der Waals surface area contributed by atoms with Crippen molar-refractivity contribution in [3.8, 4) is 0 Å². The van der Waals surface area contributed by atoms with Gasteiger partial charge < -0.3 is 9.64 Å². The van der Waals surface area contributed by atoms with Crippen molar-refractivity contribution in [3.63, 3.8) is 0 Å². The van der Waals surface area contributed by atoms with E-state index in [1.165, 1.54) is 11.3 Å². The highest BCUT2D eigenvalue weighted by atomic mass is 79.9. The van der Waals surface area contributed by atoms with Crippen molar-refractivity contribution in [2.45, 2.75) is 18.9 Å². The first-order chi connectivity index (χ1) is 7.70. The van der Waals surface area contributed by atoms with Crippen molar-refractivity contribution >= 4 is 33.2 Å². The average molecular weight is 305 g/mol. The summed E-state index contributed by atoms with van der Waals surface area (Å²) in [7, 11) is 0. The molecule has 0 saturated carbocycles. The third-order valence-electron chi connectivity index (χ3n) is 2.77. The second-order valence-corrected chi connectivity index (χ2v) is 5.22. The molecule has 1 heterocycles. The molecule has 1 aromatic rings. The predicted octanol–water partition coefficient (Wildman–Crippen LogP) is 3.41. The molecular weight excluding hydrogens is 289 g/mol. The molecule has 2 nitrogen and oxygen atoms in total. The van der Waals surface area contributed by atoms with E-state index in [2.05, 4.69) is 39.9 Å². The minimum Gasteiger partial charge on any atom is -0.375 e. The molecule has 0 N–H and O–H groups in total. The van der Waals surface area contributed by atoms with Crippen LogP contribution >= 0.6 is 27.5 Å². The Morgan fingerprint density at radius 2 is 2.38 bits per heavy atom. The van der Waals surface area contributed by atoms with Crippen LogP contribution < -0.4 is 4.90 Å². The fraction of sp³-hybridized carbons (Fsp3) is 0.500. The molecule has 4 heteroatoms. The van der Waals surface area contributed by atoms with Crippen LogP contribution in [-0.2, 0) is 10.6 Å². The molecule has 88 valence electrons. The lowest BCUT2D eigenvalue weighted by molar-refractivity contribution is 0.0532. The first-order valence-electron chi connectivity index (χ1n) is 5.41. The molecule has 0 radical (unpaired) electrons. The molecule has 1 saturated heterocycles. The lowest BCUT2D eigenvalue weighted by atomic mass is 10.1. The van der Waals surface area contributed by atoms with Gasteiger partial charge in [-0.25, -0.2) is 0 Å². The fourth-order valence-electron chi connectivity index (χ4n) is 1.98. The normalized spacial score (nSPS) is 21.2. The van der Waals surface area contributed by atoms with Gasteiger partial charge in [-0.05, 0) is 24.6 Å². The largest absolute Gasteiger partial charge is 0.375 e. The van der Waals surface area contributed by atoms with Crippen LogP contribution in [0.3, 0.4) is 0 Å². The number of hydrogen-bond donors (Lipinski definition) is 0. The fourth-order valence-corrected chi connectivity index (χ4v) is 2.56. The van der Waals surface area contributed by atoms with Crippen molar-refractivity contribution in [3.05, 3.63) is 28.2 Å². The van der Waals surface area contributed by atoms with Gasteiger partial charge in [0.25, 0.3) is 0 Å². The number of alkyl halides is 1.